The smallest absolute Gasteiger partial charge is 0.257 e. The van der Waals surface area contributed by atoms with Crippen LogP contribution in [-0.4, -0.2) is 46.5 Å². The summed E-state index contributed by atoms with van der Waals surface area (Å²) in [4.78, 5) is 21.8. The van der Waals surface area contributed by atoms with E-state index in [9.17, 15) is 4.79 Å². The molecule has 5 nitrogen and oxygen atoms in total. The zero-order valence-electron chi connectivity index (χ0n) is 9.39. The van der Waals surface area contributed by atoms with E-state index in [1.165, 1.54) is 6.33 Å². The SMILES string of the molecule is CCN(C(=O)c1cncnc1)C1CCNC1. The lowest BCUT2D eigenvalue weighted by Gasteiger charge is -2.26. The lowest BCUT2D eigenvalue weighted by Crippen LogP contribution is -2.41. The van der Waals surface area contributed by atoms with Crippen molar-refractivity contribution < 1.29 is 4.79 Å². The average Bonchev–Trinajstić information content (AvgIpc) is 2.85. The molecule has 1 unspecified atom stereocenters. The zero-order chi connectivity index (χ0) is 11.4. The van der Waals surface area contributed by atoms with Gasteiger partial charge in [-0.3, -0.25) is 4.79 Å². The van der Waals surface area contributed by atoms with E-state index < -0.39 is 0 Å². The van der Waals surface area contributed by atoms with Crippen LogP contribution in [-0.2, 0) is 0 Å². The second-order valence-electron chi connectivity index (χ2n) is 3.86. The van der Waals surface area contributed by atoms with E-state index in [2.05, 4.69) is 15.3 Å². The van der Waals surface area contributed by atoms with Crippen LogP contribution in [0.4, 0.5) is 0 Å². The minimum Gasteiger partial charge on any atom is -0.335 e. The summed E-state index contributed by atoms with van der Waals surface area (Å²) in [6.45, 7) is 4.59. The number of carbonyl (C=O) groups is 1. The maximum absolute atomic E-state index is 12.2. The van der Waals surface area contributed by atoms with Crippen molar-refractivity contribution in [1.29, 1.82) is 0 Å². The third kappa shape index (κ3) is 2.19. The Morgan fingerprint density at radius 1 is 1.56 bits per heavy atom. The number of hydrogen-bond acceptors (Lipinski definition) is 4. The summed E-state index contributed by atoms with van der Waals surface area (Å²) in [7, 11) is 0. The number of rotatable bonds is 3. The summed E-state index contributed by atoms with van der Waals surface area (Å²) in [5.41, 5.74) is 0.566. The molecule has 2 rings (SSSR count). The van der Waals surface area contributed by atoms with Crippen LogP contribution in [0.15, 0.2) is 18.7 Å². The Morgan fingerprint density at radius 3 is 2.88 bits per heavy atom. The largest absolute Gasteiger partial charge is 0.335 e. The van der Waals surface area contributed by atoms with Crippen molar-refractivity contribution in [1.82, 2.24) is 20.2 Å². The molecule has 1 fully saturated rings. The van der Waals surface area contributed by atoms with Crippen molar-refractivity contribution in [3.05, 3.63) is 24.3 Å². The third-order valence-electron chi connectivity index (χ3n) is 2.88. The fourth-order valence-electron chi connectivity index (χ4n) is 2.05. The molecule has 1 aliphatic rings. The summed E-state index contributed by atoms with van der Waals surface area (Å²) in [5, 5.41) is 3.27. The van der Waals surface area contributed by atoms with E-state index in [0.29, 0.717) is 11.6 Å². The highest BCUT2D eigenvalue weighted by Gasteiger charge is 2.26. The topological polar surface area (TPSA) is 58.1 Å². The van der Waals surface area contributed by atoms with Crippen LogP contribution < -0.4 is 5.32 Å². The van der Waals surface area contributed by atoms with Crippen molar-refractivity contribution >= 4 is 5.91 Å². The molecule has 0 aromatic carbocycles. The van der Waals surface area contributed by atoms with Crippen LogP contribution in [0.1, 0.15) is 23.7 Å². The maximum atomic E-state index is 12.2. The van der Waals surface area contributed by atoms with Gasteiger partial charge in [-0.1, -0.05) is 0 Å². The molecule has 1 N–H and O–H groups in total. The van der Waals surface area contributed by atoms with Crippen LogP contribution in [0.25, 0.3) is 0 Å². The van der Waals surface area contributed by atoms with Crippen LogP contribution in [0, 0.1) is 0 Å². The van der Waals surface area contributed by atoms with Gasteiger partial charge in [-0.2, -0.15) is 0 Å². The predicted octanol–water partition coefficient (Wildman–Crippen LogP) is 0.301. The number of hydrogen-bond donors (Lipinski definition) is 1. The number of nitrogens with zero attached hydrogens (tertiary/aromatic N) is 3. The van der Waals surface area contributed by atoms with Gasteiger partial charge in [0, 0.05) is 31.5 Å². The number of amides is 1. The molecule has 0 saturated carbocycles. The van der Waals surface area contributed by atoms with Crippen LogP contribution in [0.3, 0.4) is 0 Å². The molecule has 2 heterocycles. The number of carbonyl (C=O) groups excluding carboxylic acids is 1. The van der Waals surface area contributed by atoms with Gasteiger partial charge in [-0.15, -0.1) is 0 Å². The van der Waals surface area contributed by atoms with Gasteiger partial charge < -0.3 is 10.2 Å². The highest BCUT2D eigenvalue weighted by Crippen LogP contribution is 2.11. The Labute approximate surface area is 94.9 Å². The van der Waals surface area contributed by atoms with E-state index in [4.69, 9.17) is 0 Å². The van der Waals surface area contributed by atoms with Crippen molar-refractivity contribution in [3.63, 3.8) is 0 Å². The minimum atomic E-state index is 0.0248. The Bertz CT molecular complexity index is 348. The minimum absolute atomic E-state index is 0.0248. The van der Waals surface area contributed by atoms with Gasteiger partial charge >= 0.3 is 0 Å². The van der Waals surface area contributed by atoms with Gasteiger partial charge in [0.15, 0.2) is 0 Å². The molecule has 0 radical (unpaired) electrons. The average molecular weight is 220 g/mol. The standard InChI is InChI=1S/C11H16N4O/c1-2-15(10-3-4-12-7-10)11(16)9-5-13-8-14-6-9/h5-6,8,10,12H,2-4,7H2,1H3. The van der Waals surface area contributed by atoms with E-state index in [-0.39, 0.29) is 5.91 Å². The summed E-state index contributed by atoms with van der Waals surface area (Å²) >= 11 is 0. The van der Waals surface area contributed by atoms with Gasteiger partial charge in [-0.25, -0.2) is 9.97 Å². The maximum Gasteiger partial charge on any atom is 0.257 e. The van der Waals surface area contributed by atoms with E-state index in [1.54, 1.807) is 12.4 Å². The Hall–Kier alpha value is -1.49. The first-order chi connectivity index (χ1) is 7.83. The molecular formula is C11H16N4O. The Morgan fingerprint density at radius 2 is 2.31 bits per heavy atom. The molecular weight excluding hydrogens is 204 g/mol. The van der Waals surface area contributed by atoms with Crippen LogP contribution in [0.5, 0.6) is 0 Å². The second kappa shape index (κ2) is 5.03. The lowest BCUT2D eigenvalue weighted by atomic mass is 10.2. The molecule has 86 valence electrons. The van der Waals surface area contributed by atoms with Crippen molar-refractivity contribution in [3.8, 4) is 0 Å². The number of aromatic nitrogens is 2. The normalized spacial score (nSPS) is 19.7. The summed E-state index contributed by atoms with van der Waals surface area (Å²) < 4.78 is 0. The first-order valence-corrected chi connectivity index (χ1v) is 5.59. The van der Waals surface area contributed by atoms with Crippen molar-refractivity contribution in [2.45, 2.75) is 19.4 Å². The van der Waals surface area contributed by atoms with Gasteiger partial charge in [0.2, 0.25) is 0 Å². The summed E-state index contributed by atoms with van der Waals surface area (Å²) in [6.07, 6.45) is 5.60. The number of nitrogens with one attached hydrogen (secondary N) is 1. The predicted molar refractivity (Wildman–Crippen MR) is 60.0 cm³/mol. The molecule has 1 aliphatic heterocycles. The first-order valence-electron chi connectivity index (χ1n) is 5.59. The molecule has 16 heavy (non-hydrogen) atoms. The van der Waals surface area contributed by atoms with Crippen LogP contribution >= 0.6 is 0 Å². The quantitative estimate of drug-likeness (QED) is 0.796. The monoisotopic (exact) mass is 220 g/mol. The molecule has 1 amide bonds. The fourth-order valence-corrected chi connectivity index (χ4v) is 2.05. The molecule has 1 saturated heterocycles. The number of likely N-dealkylation sites (N-methyl/N-ethyl adjacent to an activating group) is 1. The van der Waals surface area contributed by atoms with E-state index >= 15 is 0 Å². The first kappa shape index (κ1) is 11.0. The molecule has 1 aromatic heterocycles. The van der Waals surface area contributed by atoms with Gasteiger partial charge in [0.1, 0.15) is 6.33 Å². The van der Waals surface area contributed by atoms with Crippen molar-refractivity contribution in [2.24, 2.45) is 0 Å². The third-order valence-corrected chi connectivity index (χ3v) is 2.88. The van der Waals surface area contributed by atoms with Crippen molar-refractivity contribution in [2.75, 3.05) is 19.6 Å². The summed E-state index contributed by atoms with van der Waals surface area (Å²) in [6, 6.07) is 0.303. The van der Waals surface area contributed by atoms with Gasteiger partial charge in [0.25, 0.3) is 5.91 Å². The summed E-state index contributed by atoms with van der Waals surface area (Å²) in [5.74, 6) is 0.0248. The highest BCUT2D eigenvalue weighted by atomic mass is 16.2. The fraction of sp³-hybridized carbons (Fsp3) is 0.545. The molecule has 1 atom stereocenters. The lowest BCUT2D eigenvalue weighted by molar-refractivity contribution is 0.0703. The van der Waals surface area contributed by atoms with Crippen LogP contribution in [0.2, 0.25) is 0 Å². The zero-order valence-corrected chi connectivity index (χ0v) is 9.39. The van der Waals surface area contributed by atoms with E-state index in [0.717, 1.165) is 26.1 Å². The molecule has 0 spiro atoms. The Kier molecular flexibility index (Phi) is 3.46. The van der Waals surface area contributed by atoms with Gasteiger partial charge in [-0.05, 0) is 19.9 Å². The second-order valence-corrected chi connectivity index (χ2v) is 3.86. The molecule has 5 heteroatoms. The molecule has 0 bridgehead atoms. The van der Waals surface area contributed by atoms with E-state index in [1.807, 2.05) is 11.8 Å². The molecule has 1 aromatic rings. The molecule has 0 aliphatic carbocycles. The highest BCUT2D eigenvalue weighted by molar-refractivity contribution is 5.93. The van der Waals surface area contributed by atoms with Gasteiger partial charge in [0.05, 0.1) is 5.56 Å². The Balaban J connectivity index is 2.12.